The van der Waals surface area contributed by atoms with E-state index in [2.05, 4.69) is 10.1 Å². The molecule has 0 atom stereocenters. The molecule has 3 rings (SSSR count). The number of anilines is 1. The highest BCUT2D eigenvalue weighted by molar-refractivity contribution is 5.99. The summed E-state index contributed by atoms with van der Waals surface area (Å²) in [6.45, 7) is 0. The third-order valence-electron chi connectivity index (χ3n) is 2.53. The Labute approximate surface area is 89.3 Å². The van der Waals surface area contributed by atoms with Crippen LogP contribution in [0, 0.1) is 0 Å². The predicted molar refractivity (Wildman–Crippen MR) is 58.4 cm³/mol. The summed E-state index contributed by atoms with van der Waals surface area (Å²) in [6, 6.07) is 4.92. The van der Waals surface area contributed by atoms with Gasteiger partial charge in [0.05, 0.1) is 22.8 Å². The van der Waals surface area contributed by atoms with E-state index in [1.807, 2.05) is 0 Å². The molecule has 0 unspecified atom stereocenters. The molecule has 2 aromatic heterocycles. The summed E-state index contributed by atoms with van der Waals surface area (Å²) in [5.74, 6) is -1.04. The van der Waals surface area contributed by atoms with Crippen molar-refractivity contribution in [1.29, 1.82) is 0 Å². The van der Waals surface area contributed by atoms with Crippen LogP contribution in [-0.4, -0.2) is 25.7 Å². The van der Waals surface area contributed by atoms with Gasteiger partial charge in [0.2, 0.25) is 0 Å². The maximum absolute atomic E-state index is 10.9. The third-order valence-corrected chi connectivity index (χ3v) is 2.53. The Morgan fingerprint density at radius 3 is 3.06 bits per heavy atom. The van der Waals surface area contributed by atoms with Crippen LogP contribution in [0.5, 0.6) is 0 Å². The summed E-state index contributed by atoms with van der Waals surface area (Å²) >= 11 is 0. The number of nitrogen functional groups attached to an aromatic ring is 1. The van der Waals surface area contributed by atoms with Crippen LogP contribution in [0.15, 0.2) is 24.4 Å². The number of carboxylic acids is 1. The number of hydrogen-bond donors (Lipinski definition) is 3. The van der Waals surface area contributed by atoms with E-state index in [4.69, 9.17) is 10.8 Å². The number of nitrogens with two attached hydrogens (primary N) is 1. The lowest BCUT2D eigenvalue weighted by Gasteiger charge is -2.00. The van der Waals surface area contributed by atoms with Crippen molar-refractivity contribution < 1.29 is 9.90 Å². The molecule has 2 heterocycles. The molecular weight excluding hydrogens is 208 g/mol. The number of hydrogen-bond acceptors (Lipinski definition) is 3. The lowest BCUT2D eigenvalue weighted by Crippen LogP contribution is -2.02. The number of aromatic amines is 1. The Morgan fingerprint density at radius 2 is 2.31 bits per heavy atom. The molecule has 0 aliphatic heterocycles. The van der Waals surface area contributed by atoms with Gasteiger partial charge in [-0.05, 0) is 12.1 Å². The number of carbonyl (C=O) groups is 1. The number of nitrogens with zero attached hydrogens (tertiary/aromatic N) is 2. The summed E-state index contributed by atoms with van der Waals surface area (Å²) in [7, 11) is 0. The van der Waals surface area contributed by atoms with Gasteiger partial charge in [-0.1, -0.05) is 0 Å². The minimum atomic E-state index is -1.04. The van der Waals surface area contributed by atoms with Crippen molar-refractivity contribution in [2.75, 3.05) is 5.73 Å². The van der Waals surface area contributed by atoms with Gasteiger partial charge in [-0.15, -0.1) is 0 Å². The fourth-order valence-electron chi connectivity index (χ4n) is 1.79. The van der Waals surface area contributed by atoms with E-state index in [0.29, 0.717) is 5.52 Å². The monoisotopic (exact) mass is 216 g/mol. The van der Waals surface area contributed by atoms with E-state index in [9.17, 15) is 4.79 Å². The maximum atomic E-state index is 10.9. The first-order chi connectivity index (χ1) is 7.66. The Morgan fingerprint density at radius 1 is 1.50 bits per heavy atom. The van der Waals surface area contributed by atoms with Gasteiger partial charge in [0.1, 0.15) is 5.65 Å². The minimum Gasteiger partial charge on any atom is -0.478 e. The first kappa shape index (κ1) is 8.78. The van der Waals surface area contributed by atoms with Gasteiger partial charge in [0, 0.05) is 11.8 Å². The topological polar surface area (TPSA) is 96.4 Å². The minimum absolute atomic E-state index is 0.0944. The quantitative estimate of drug-likeness (QED) is 0.530. The number of benzene rings is 1. The highest BCUT2D eigenvalue weighted by Gasteiger charge is 2.12. The van der Waals surface area contributed by atoms with E-state index < -0.39 is 5.97 Å². The zero-order chi connectivity index (χ0) is 11.3. The van der Waals surface area contributed by atoms with Crippen molar-refractivity contribution in [2.24, 2.45) is 0 Å². The van der Waals surface area contributed by atoms with Gasteiger partial charge in [0.25, 0.3) is 0 Å². The molecule has 3 aromatic rings. The van der Waals surface area contributed by atoms with Crippen molar-refractivity contribution in [3.63, 3.8) is 0 Å². The van der Waals surface area contributed by atoms with Gasteiger partial charge < -0.3 is 15.8 Å². The molecule has 0 spiro atoms. The Kier molecular flexibility index (Phi) is 1.51. The zero-order valence-electron chi connectivity index (χ0n) is 8.14. The van der Waals surface area contributed by atoms with Crippen molar-refractivity contribution in [3.8, 4) is 0 Å². The number of aromatic nitrogens is 3. The van der Waals surface area contributed by atoms with Crippen LogP contribution >= 0.6 is 0 Å². The predicted octanol–water partition coefficient (Wildman–Crippen LogP) is 1.10. The van der Waals surface area contributed by atoms with Crippen LogP contribution in [0.3, 0.4) is 0 Å². The van der Waals surface area contributed by atoms with Gasteiger partial charge in [-0.3, -0.25) is 0 Å². The Balaban J connectivity index is 2.45. The maximum Gasteiger partial charge on any atom is 0.337 e. The summed E-state index contributed by atoms with van der Waals surface area (Å²) < 4.78 is 1.68. The van der Waals surface area contributed by atoms with Crippen molar-refractivity contribution in [2.45, 2.75) is 0 Å². The van der Waals surface area contributed by atoms with E-state index in [1.54, 1.807) is 22.8 Å². The zero-order valence-corrected chi connectivity index (χ0v) is 8.14. The van der Waals surface area contributed by atoms with Crippen molar-refractivity contribution in [3.05, 3.63) is 30.0 Å². The van der Waals surface area contributed by atoms with Gasteiger partial charge in [0.15, 0.2) is 0 Å². The van der Waals surface area contributed by atoms with Crippen LogP contribution < -0.4 is 5.73 Å². The van der Waals surface area contributed by atoms with Crippen LogP contribution in [0.2, 0.25) is 0 Å². The fourth-order valence-corrected chi connectivity index (χ4v) is 1.79. The molecule has 80 valence electrons. The van der Waals surface area contributed by atoms with Crippen LogP contribution in [0.4, 0.5) is 5.69 Å². The average molecular weight is 216 g/mol. The smallest absolute Gasteiger partial charge is 0.337 e. The van der Waals surface area contributed by atoms with Crippen LogP contribution in [0.25, 0.3) is 16.7 Å². The average Bonchev–Trinajstić information content (AvgIpc) is 2.77. The lowest BCUT2D eigenvalue weighted by molar-refractivity contribution is 0.0698. The van der Waals surface area contributed by atoms with Gasteiger partial charge in [-0.2, -0.15) is 5.10 Å². The molecule has 0 bridgehead atoms. The van der Waals surface area contributed by atoms with Crippen LogP contribution in [-0.2, 0) is 0 Å². The first-order valence-corrected chi connectivity index (χ1v) is 4.65. The number of rotatable bonds is 1. The summed E-state index contributed by atoms with van der Waals surface area (Å²) in [4.78, 5) is 14.0. The molecule has 16 heavy (non-hydrogen) atoms. The molecule has 0 radical (unpaired) electrons. The standard InChI is InChI=1S/C10H8N4O2/c11-6-4-8-7(3-5(6)10(15)16)13-9-1-2-12-14(8)9/h1-4,13H,11H2,(H,15,16). The molecule has 0 aliphatic rings. The molecule has 6 heteroatoms. The summed E-state index contributed by atoms with van der Waals surface area (Å²) in [6.07, 6.45) is 1.66. The highest BCUT2D eigenvalue weighted by Crippen LogP contribution is 2.22. The first-order valence-electron chi connectivity index (χ1n) is 4.65. The molecule has 6 nitrogen and oxygen atoms in total. The van der Waals surface area contributed by atoms with Crippen LogP contribution in [0.1, 0.15) is 10.4 Å². The van der Waals surface area contributed by atoms with E-state index in [0.717, 1.165) is 11.2 Å². The molecule has 0 aliphatic carbocycles. The normalized spacial score (nSPS) is 11.2. The van der Waals surface area contributed by atoms with Gasteiger partial charge >= 0.3 is 5.97 Å². The number of nitrogens with one attached hydrogen (secondary N) is 1. The summed E-state index contributed by atoms with van der Waals surface area (Å²) in [5.41, 5.74) is 8.27. The number of aromatic carboxylic acids is 1. The molecule has 0 saturated heterocycles. The molecule has 0 amide bonds. The van der Waals surface area contributed by atoms with Gasteiger partial charge in [-0.25, -0.2) is 9.31 Å². The van der Waals surface area contributed by atoms with Crippen molar-refractivity contribution in [1.82, 2.24) is 14.6 Å². The second-order valence-electron chi connectivity index (χ2n) is 3.52. The second kappa shape index (κ2) is 2.75. The second-order valence-corrected chi connectivity index (χ2v) is 3.52. The van der Waals surface area contributed by atoms with E-state index in [-0.39, 0.29) is 11.3 Å². The molecule has 0 fully saturated rings. The third kappa shape index (κ3) is 1.01. The SMILES string of the molecule is Nc1cc2c(cc1C(=O)O)[nH]c1ccnn12. The largest absolute Gasteiger partial charge is 0.478 e. The number of carboxylic acid groups (broad SMARTS) is 1. The number of imidazole rings is 1. The summed E-state index contributed by atoms with van der Waals surface area (Å²) in [5, 5.41) is 13.0. The number of H-pyrrole nitrogens is 1. The number of fused-ring (bicyclic) bond motifs is 3. The molecular formula is C10H8N4O2. The Hall–Kier alpha value is -2.50. The van der Waals surface area contributed by atoms with E-state index in [1.165, 1.54) is 6.07 Å². The lowest BCUT2D eigenvalue weighted by atomic mass is 10.1. The highest BCUT2D eigenvalue weighted by atomic mass is 16.4. The van der Waals surface area contributed by atoms with Crippen molar-refractivity contribution >= 4 is 28.3 Å². The van der Waals surface area contributed by atoms with E-state index >= 15 is 0 Å². The molecule has 0 saturated carbocycles. The fraction of sp³-hybridized carbons (Fsp3) is 0. The molecule has 1 aromatic carbocycles. The molecule has 4 N–H and O–H groups in total. The Bertz CT molecular complexity index is 710.